The second-order valence-electron chi connectivity index (χ2n) is 6.10. The number of para-hydroxylation sites is 1. The zero-order valence-corrected chi connectivity index (χ0v) is 11.9. The van der Waals surface area contributed by atoms with Crippen LogP contribution in [0.1, 0.15) is 49.7 Å². The molecule has 0 unspecified atom stereocenters. The van der Waals surface area contributed by atoms with Crippen molar-refractivity contribution in [2.45, 2.75) is 51.5 Å². The van der Waals surface area contributed by atoms with E-state index >= 15 is 0 Å². The van der Waals surface area contributed by atoms with Gasteiger partial charge in [-0.1, -0.05) is 43.9 Å². The van der Waals surface area contributed by atoms with Crippen LogP contribution in [0.15, 0.2) is 18.2 Å². The number of rotatable bonds is 6. The second kappa shape index (κ2) is 6.42. The van der Waals surface area contributed by atoms with Crippen LogP contribution in [0.3, 0.4) is 0 Å². The van der Waals surface area contributed by atoms with Gasteiger partial charge in [0.15, 0.2) is 0 Å². The van der Waals surface area contributed by atoms with E-state index in [9.17, 15) is 0 Å². The van der Waals surface area contributed by atoms with Crippen LogP contribution >= 0.6 is 0 Å². The lowest BCUT2D eigenvalue weighted by Crippen LogP contribution is -2.16. The van der Waals surface area contributed by atoms with Crippen molar-refractivity contribution < 1.29 is 0 Å². The Labute approximate surface area is 117 Å². The van der Waals surface area contributed by atoms with Gasteiger partial charge < -0.3 is 10.6 Å². The molecule has 3 rings (SSSR count). The predicted octanol–water partition coefficient (Wildman–Crippen LogP) is 3.71. The fraction of sp³-hybridized carbons (Fsp3) is 0.647. The largest absolute Gasteiger partial charge is 0.384 e. The maximum absolute atomic E-state index is 3.62. The highest BCUT2D eigenvalue weighted by Gasteiger charge is 2.14. The van der Waals surface area contributed by atoms with Gasteiger partial charge in [-0.2, -0.15) is 0 Å². The first-order chi connectivity index (χ1) is 9.43. The summed E-state index contributed by atoms with van der Waals surface area (Å²) in [6, 6.07) is 6.70. The van der Waals surface area contributed by atoms with Gasteiger partial charge in [-0.3, -0.25) is 0 Å². The van der Waals surface area contributed by atoms with Gasteiger partial charge >= 0.3 is 0 Å². The molecule has 0 spiro atoms. The van der Waals surface area contributed by atoms with E-state index in [2.05, 4.69) is 28.8 Å². The standard InChI is InChI=1S/C17H26N2/c1-2-6-14(5-1)7-4-11-18-13-16-9-3-8-15-10-12-19-17(15)16/h3,8-9,14,18-19H,1-2,4-7,10-13H2. The molecule has 1 aliphatic heterocycles. The molecule has 1 saturated carbocycles. The highest BCUT2D eigenvalue weighted by Crippen LogP contribution is 2.28. The summed E-state index contributed by atoms with van der Waals surface area (Å²) in [5, 5.41) is 7.13. The zero-order chi connectivity index (χ0) is 12.9. The summed E-state index contributed by atoms with van der Waals surface area (Å²) in [5.74, 6) is 1.03. The summed E-state index contributed by atoms with van der Waals surface area (Å²) in [7, 11) is 0. The van der Waals surface area contributed by atoms with Crippen LogP contribution in [0, 0.1) is 5.92 Å². The van der Waals surface area contributed by atoms with Gasteiger partial charge in [0.25, 0.3) is 0 Å². The summed E-state index contributed by atoms with van der Waals surface area (Å²) in [6.07, 6.45) is 9.86. The Kier molecular flexibility index (Phi) is 4.39. The Morgan fingerprint density at radius 1 is 1.21 bits per heavy atom. The smallest absolute Gasteiger partial charge is 0.0419 e. The summed E-state index contributed by atoms with van der Waals surface area (Å²) >= 11 is 0. The van der Waals surface area contributed by atoms with Crippen LogP contribution < -0.4 is 10.6 Å². The minimum atomic E-state index is 1.01. The average molecular weight is 258 g/mol. The van der Waals surface area contributed by atoms with Crippen LogP contribution in [-0.4, -0.2) is 13.1 Å². The lowest BCUT2D eigenvalue weighted by atomic mass is 10.0. The molecule has 1 heterocycles. The van der Waals surface area contributed by atoms with Crippen molar-refractivity contribution in [3.05, 3.63) is 29.3 Å². The molecule has 1 aliphatic carbocycles. The van der Waals surface area contributed by atoms with Gasteiger partial charge in [0.1, 0.15) is 0 Å². The molecular formula is C17H26N2. The quantitative estimate of drug-likeness (QED) is 0.760. The highest BCUT2D eigenvalue weighted by atomic mass is 14.9. The van der Waals surface area contributed by atoms with Gasteiger partial charge in [-0.05, 0) is 42.9 Å². The van der Waals surface area contributed by atoms with Gasteiger partial charge in [0.05, 0.1) is 0 Å². The molecule has 1 fully saturated rings. The van der Waals surface area contributed by atoms with Crippen molar-refractivity contribution in [1.29, 1.82) is 0 Å². The van der Waals surface area contributed by atoms with Crippen molar-refractivity contribution in [3.8, 4) is 0 Å². The summed E-state index contributed by atoms with van der Waals surface area (Å²) in [5.41, 5.74) is 4.33. The molecule has 0 saturated heterocycles. The molecule has 0 aromatic heterocycles. The van der Waals surface area contributed by atoms with E-state index < -0.39 is 0 Å². The number of fused-ring (bicyclic) bond motifs is 1. The molecule has 0 radical (unpaired) electrons. The normalized spacial score (nSPS) is 18.5. The minimum Gasteiger partial charge on any atom is -0.384 e. The van der Waals surface area contributed by atoms with E-state index in [1.807, 2.05) is 0 Å². The number of benzene rings is 1. The number of hydrogen-bond acceptors (Lipinski definition) is 2. The predicted molar refractivity (Wildman–Crippen MR) is 81.5 cm³/mol. The molecule has 2 aliphatic rings. The third-order valence-corrected chi connectivity index (χ3v) is 4.69. The summed E-state index contributed by atoms with van der Waals surface area (Å²) in [6.45, 7) is 3.29. The van der Waals surface area contributed by atoms with Crippen molar-refractivity contribution in [1.82, 2.24) is 5.32 Å². The molecule has 104 valence electrons. The van der Waals surface area contributed by atoms with Crippen molar-refractivity contribution in [3.63, 3.8) is 0 Å². The Balaban J connectivity index is 1.39. The third-order valence-electron chi connectivity index (χ3n) is 4.69. The Morgan fingerprint density at radius 3 is 3.00 bits per heavy atom. The number of nitrogens with one attached hydrogen (secondary N) is 2. The average Bonchev–Trinajstić information content (AvgIpc) is 3.09. The third kappa shape index (κ3) is 3.30. The summed E-state index contributed by atoms with van der Waals surface area (Å²) in [4.78, 5) is 0. The molecule has 0 bridgehead atoms. The van der Waals surface area contributed by atoms with E-state index in [0.29, 0.717) is 0 Å². The van der Waals surface area contributed by atoms with Gasteiger partial charge in [-0.15, -0.1) is 0 Å². The molecule has 2 nitrogen and oxygen atoms in total. The number of anilines is 1. The Morgan fingerprint density at radius 2 is 2.11 bits per heavy atom. The zero-order valence-electron chi connectivity index (χ0n) is 11.9. The topological polar surface area (TPSA) is 24.1 Å². The van der Waals surface area contributed by atoms with Crippen LogP contribution in [0.5, 0.6) is 0 Å². The monoisotopic (exact) mass is 258 g/mol. The van der Waals surface area contributed by atoms with E-state index in [1.54, 1.807) is 0 Å². The van der Waals surface area contributed by atoms with Gasteiger partial charge in [-0.25, -0.2) is 0 Å². The van der Waals surface area contributed by atoms with Gasteiger partial charge in [0, 0.05) is 18.8 Å². The fourth-order valence-electron chi connectivity index (χ4n) is 3.60. The molecule has 0 amide bonds. The van der Waals surface area contributed by atoms with Crippen LogP contribution in [0.2, 0.25) is 0 Å². The molecule has 0 atom stereocenters. The van der Waals surface area contributed by atoms with E-state index in [4.69, 9.17) is 0 Å². The van der Waals surface area contributed by atoms with Crippen molar-refractivity contribution in [2.24, 2.45) is 5.92 Å². The van der Waals surface area contributed by atoms with Crippen LogP contribution in [0.4, 0.5) is 5.69 Å². The molecular weight excluding hydrogens is 232 g/mol. The Hall–Kier alpha value is -1.02. The first-order valence-electron chi connectivity index (χ1n) is 7.99. The second-order valence-corrected chi connectivity index (χ2v) is 6.10. The minimum absolute atomic E-state index is 1.01. The van der Waals surface area contributed by atoms with E-state index in [1.165, 1.54) is 68.3 Å². The first-order valence-corrected chi connectivity index (χ1v) is 7.99. The van der Waals surface area contributed by atoms with Crippen molar-refractivity contribution >= 4 is 5.69 Å². The SMILES string of the molecule is c1cc2c(c(CNCCCC3CCCC3)c1)NCC2. The first kappa shape index (κ1) is 13.0. The molecule has 2 heteroatoms. The number of hydrogen-bond donors (Lipinski definition) is 2. The maximum atomic E-state index is 3.62. The lowest BCUT2D eigenvalue weighted by molar-refractivity contribution is 0.470. The fourth-order valence-corrected chi connectivity index (χ4v) is 3.60. The molecule has 1 aromatic carbocycles. The van der Waals surface area contributed by atoms with Crippen molar-refractivity contribution in [2.75, 3.05) is 18.4 Å². The Bertz CT molecular complexity index is 408. The van der Waals surface area contributed by atoms with Gasteiger partial charge in [0.2, 0.25) is 0 Å². The van der Waals surface area contributed by atoms with E-state index in [-0.39, 0.29) is 0 Å². The van der Waals surface area contributed by atoms with Crippen LogP contribution in [-0.2, 0) is 13.0 Å². The van der Waals surface area contributed by atoms with Crippen LogP contribution in [0.25, 0.3) is 0 Å². The summed E-state index contributed by atoms with van der Waals surface area (Å²) < 4.78 is 0. The van der Waals surface area contributed by atoms with E-state index in [0.717, 1.165) is 19.0 Å². The lowest BCUT2D eigenvalue weighted by Gasteiger charge is -2.11. The maximum Gasteiger partial charge on any atom is 0.0419 e. The molecule has 19 heavy (non-hydrogen) atoms. The molecule has 1 aromatic rings. The molecule has 2 N–H and O–H groups in total. The highest BCUT2D eigenvalue weighted by molar-refractivity contribution is 5.61.